The first-order valence-electron chi connectivity index (χ1n) is 4.65. The number of pyridine rings is 1. The number of methoxy groups -OCH3 is 1. The highest BCUT2D eigenvalue weighted by molar-refractivity contribution is 7.89. The highest BCUT2D eigenvalue weighted by Gasteiger charge is 2.16. The van der Waals surface area contributed by atoms with Gasteiger partial charge in [-0.15, -0.1) is 0 Å². The van der Waals surface area contributed by atoms with Gasteiger partial charge in [0.15, 0.2) is 0 Å². The van der Waals surface area contributed by atoms with E-state index in [9.17, 15) is 13.2 Å². The molecule has 0 amide bonds. The van der Waals surface area contributed by atoms with E-state index in [-0.39, 0.29) is 23.1 Å². The van der Waals surface area contributed by atoms with Gasteiger partial charge in [-0.3, -0.25) is 4.79 Å². The Morgan fingerprint density at radius 1 is 1.50 bits per heavy atom. The lowest BCUT2D eigenvalue weighted by atomic mass is 10.4. The summed E-state index contributed by atoms with van der Waals surface area (Å²) < 4.78 is 30.7. The van der Waals surface area contributed by atoms with E-state index in [0.717, 1.165) is 12.3 Å². The second-order valence-corrected chi connectivity index (χ2v) is 5.08. The Balaban J connectivity index is 2.86. The minimum absolute atomic E-state index is 0.0232. The Bertz CT molecular complexity index is 474. The Labute approximate surface area is 93.7 Å². The molecule has 0 fully saturated rings. The quantitative estimate of drug-likeness (QED) is 0.745. The average molecular weight is 246 g/mol. The van der Waals surface area contributed by atoms with Crippen molar-refractivity contribution < 1.29 is 13.2 Å². The van der Waals surface area contributed by atoms with Crippen LogP contribution in [0.5, 0.6) is 0 Å². The molecule has 1 heterocycles. The number of aromatic nitrogens is 1. The van der Waals surface area contributed by atoms with E-state index in [2.05, 4.69) is 9.71 Å². The standard InChI is InChI=1S/C9H14N2O4S/c1-7(6-15-2)11-16(13,14)8-3-4-9(12)10-5-8/h3-5,7,11H,6H2,1-2H3,(H,10,12). The summed E-state index contributed by atoms with van der Waals surface area (Å²) in [5.74, 6) is 0. The third kappa shape index (κ3) is 3.44. The smallest absolute Gasteiger partial charge is 0.247 e. The summed E-state index contributed by atoms with van der Waals surface area (Å²) in [5.41, 5.74) is -0.344. The molecule has 1 unspecified atom stereocenters. The Morgan fingerprint density at radius 3 is 2.69 bits per heavy atom. The van der Waals surface area contributed by atoms with Crippen LogP contribution >= 0.6 is 0 Å². The van der Waals surface area contributed by atoms with Gasteiger partial charge in [-0.25, -0.2) is 13.1 Å². The predicted molar refractivity (Wildman–Crippen MR) is 58.7 cm³/mol. The number of hydrogen-bond acceptors (Lipinski definition) is 4. The molecular formula is C9H14N2O4S. The first kappa shape index (κ1) is 12.9. The van der Waals surface area contributed by atoms with Crippen LogP contribution in [-0.2, 0) is 14.8 Å². The zero-order valence-electron chi connectivity index (χ0n) is 9.06. The van der Waals surface area contributed by atoms with Crippen molar-refractivity contribution in [3.05, 3.63) is 28.7 Å². The van der Waals surface area contributed by atoms with Crippen LogP contribution in [0.15, 0.2) is 28.0 Å². The molecule has 0 saturated carbocycles. The number of nitrogens with one attached hydrogen (secondary N) is 2. The molecule has 0 aliphatic carbocycles. The molecule has 0 aromatic carbocycles. The van der Waals surface area contributed by atoms with E-state index in [0.29, 0.717) is 0 Å². The van der Waals surface area contributed by atoms with Crippen LogP contribution in [0, 0.1) is 0 Å². The summed E-state index contributed by atoms with van der Waals surface area (Å²) in [4.78, 5) is 13.1. The maximum absolute atomic E-state index is 11.7. The summed E-state index contributed by atoms with van der Waals surface area (Å²) in [7, 11) is -2.11. The second-order valence-electron chi connectivity index (χ2n) is 3.37. The van der Waals surface area contributed by atoms with Gasteiger partial charge in [-0.1, -0.05) is 0 Å². The SMILES string of the molecule is COCC(C)NS(=O)(=O)c1ccc(=O)[nH]c1. The third-order valence-electron chi connectivity index (χ3n) is 1.84. The molecule has 90 valence electrons. The molecule has 0 bridgehead atoms. The molecule has 0 spiro atoms. The van der Waals surface area contributed by atoms with Crippen molar-refractivity contribution in [2.75, 3.05) is 13.7 Å². The van der Waals surface area contributed by atoms with E-state index < -0.39 is 10.0 Å². The largest absolute Gasteiger partial charge is 0.383 e. The van der Waals surface area contributed by atoms with Gasteiger partial charge in [0.25, 0.3) is 0 Å². The molecule has 1 aromatic heterocycles. The number of ether oxygens (including phenoxy) is 1. The van der Waals surface area contributed by atoms with Crippen molar-refractivity contribution in [3.63, 3.8) is 0 Å². The summed E-state index contributed by atoms with van der Waals surface area (Å²) >= 11 is 0. The topological polar surface area (TPSA) is 88.3 Å². The minimum Gasteiger partial charge on any atom is -0.383 e. The van der Waals surface area contributed by atoms with E-state index in [1.807, 2.05) is 0 Å². The molecule has 16 heavy (non-hydrogen) atoms. The Kier molecular flexibility index (Phi) is 4.22. The molecule has 2 N–H and O–H groups in total. The summed E-state index contributed by atoms with van der Waals surface area (Å²) in [5, 5.41) is 0. The lowest BCUT2D eigenvalue weighted by Gasteiger charge is -2.12. The fourth-order valence-electron chi connectivity index (χ4n) is 1.18. The Hall–Kier alpha value is -1.18. The maximum atomic E-state index is 11.7. The molecule has 1 rings (SSSR count). The highest BCUT2D eigenvalue weighted by Crippen LogP contribution is 2.04. The summed E-state index contributed by atoms with van der Waals surface area (Å²) in [6.07, 6.45) is 1.16. The van der Waals surface area contributed by atoms with E-state index in [1.54, 1.807) is 6.92 Å². The fourth-order valence-corrected chi connectivity index (χ4v) is 2.38. The van der Waals surface area contributed by atoms with Crippen LogP contribution < -0.4 is 10.3 Å². The minimum atomic E-state index is -3.60. The van der Waals surface area contributed by atoms with Crippen molar-refractivity contribution in [1.82, 2.24) is 9.71 Å². The van der Waals surface area contributed by atoms with Crippen molar-refractivity contribution in [2.45, 2.75) is 17.9 Å². The van der Waals surface area contributed by atoms with Gasteiger partial charge in [0, 0.05) is 25.4 Å². The van der Waals surface area contributed by atoms with Gasteiger partial charge >= 0.3 is 0 Å². The molecule has 1 atom stereocenters. The van der Waals surface area contributed by atoms with Crippen LogP contribution in [0.25, 0.3) is 0 Å². The number of hydrogen-bond donors (Lipinski definition) is 2. The number of rotatable bonds is 5. The number of sulfonamides is 1. The van der Waals surface area contributed by atoms with Crippen molar-refractivity contribution in [1.29, 1.82) is 0 Å². The molecule has 7 heteroatoms. The first-order valence-corrected chi connectivity index (χ1v) is 6.14. The van der Waals surface area contributed by atoms with Gasteiger partial charge in [-0.2, -0.15) is 0 Å². The average Bonchev–Trinajstić information content (AvgIpc) is 2.17. The van der Waals surface area contributed by atoms with Crippen LogP contribution in [0.2, 0.25) is 0 Å². The zero-order chi connectivity index (χ0) is 12.2. The van der Waals surface area contributed by atoms with Gasteiger partial charge in [0.05, 0.1) is 11.5 Å². The number of aromatic amines is 1. The van der Waals surface area contributed by atoms with E-state index in [4.69, 9.17) is 4.74 Å². The van der Waals surface area contributed by atoms with Crippen LogP contribution in [0.3, 0.4) is 0 Å². The lowest BCUT2D eigenvalue weighted by molar-refractivity contribution is 0.180. The fraction of sp³-hybridized carbons (Fsp3) is 0.444. The molecule has 0 radical (unpaired) electrons. The van der Waals surface area contributed by atoms with Crippen molar-refractivity contribution in [2.24, 2.45) is 0 Å². The van der Waals surface area contributed by atoms with Gasteiger partial charge in [0.1, 0.15) is 0 Å². The van der Waals surface area contributed by atoms with Crippen molar-refractivity contribution >= 4 is 10.0 Å². The first-order chi connectivity index (χ1) is 7.45. The summed E-state index contributed by atoms with van der Waals surface area (Å²) in [6, 6.07) is 2.08. The summed E-state index contributed by atoms with van der Waals surface area (Å²) in [6.45, 7) is 1.97. The Morgan fingerprint density at radius 2 is 2.19 bits per heavy atom. The van der Waals surface area contributed by atoms with Crippen molar-refractivity contribution in [3.8, 4) is 0 Å². The molecule has 0 saturated heterocycles. The molecule has 0 aliphatic rings. The second kappa shape index (κ2) is 5.24. The molecule has 1 aromatic rings. The van der Waals surface area contributed by atoms with Gasteiger partial charge in [0.2, 0.25) is 15.6 Å². The number of H-pyrrole nitrogens is 1. The monoisotopic (exact) mass is 246 g/mol. The maximum Gasteiger partial charge on any atom is 0.247 e. The predicted octanol–water partition coefficient (Wildman–Crippen LogP) is -0.312. The molecule has 6 nitrogen and oxygen atoms in total. The van der Waals surface area contributed by atoms with E-state index >= 15 is 0 Å². The zero-order valence-corrected chi connectivity index (χ0v) is 9.87. The highest BCUT2D eigenvalue weighted by atomic mass is 32.2. The molecular weight excluding hydrogens is 232 g/mol. The lowest BCUT2D eigenvalue weighted by Crippen LogP contribution is -2.35. The van der Waals surface area contributed by atoms with Crippen LogP contribution in [-0.4, -0.2) is 33.2 Å². The van der Waals surface area contributed by atoms with Crippen LogP contribution in [0.1, 0.15) is 6.92 Å². The third-order valence-corrected chi connectivity index (χ3v) is 3.43. The normalized spacial score (nSPS) is 13.6. The van der Waals surface area contributed by atoms with E-state index in [1.165, 1.54) is 13.2 Å². The molecule has 0 aliphatic heterocycles. The van der Waals surface area contributed by atoms with Crippen LogP contribution in [0.4, 0.5) is 0 Å². The van der Waals surface area contributed by atoms with Gasteiger partial charge in [-0.05, 0) is 13.0 Å². The van der Waals surface area contributed by atoms with Gasteiger partial charge < -0.3 is 9.72 Å².